The molecule has 3 N–H and O–H groups in total. The molecular weight excluding hydrogens is 224 g/mol. The van der Waals surface area contributed by atoms with E-state index in [1.807, 2.05) is 13.0 Å². The van der Waals surface area contributed by atoms with Gasteiger partial charge < -0.3 is 15.8 Å². The van der Waals surface area contributed by atoms with Crippen LogP contribution in [0.1, 0.15) is 26.3 Å². The minimum atomic E-state index is 0.511. The van der Waals surface area contributed by atoms with Gasteiger partial charge in [0.15, 0.2) is 0 Å². The Kier molecular flexibility index (Phi) is 5.99. The third kappa shape index (κ3) is 4.22. The lowest BCUT2D eigenvalue weighted by molar-refractivity contribution is 0.338. The maximum absolute atomic E-state index is 5.77. The summed E-state index contributed by atoms with van der Waals surface area (Å²) < 4.78 is 5.53. The van der Waals surface area contributed by atoms with Gasteiger partial charge in [-0.25, -0.2) is 0 Å². The van der Waals surface area contributed by atoms with Gasteiger partial charge in [0.2, 0.25) is 0 Å². The second-order valence-electron chi connectivity index (χ2n) is 5.03. The van der Waals surface area contributed by atoms with Crippen LogP contribution in [-0.2, 0) is 0 Å². The van der Waals surface area contributed by atoms with Gasteiger partial charge in [0.1, 0.15) is 5.75 Å². The average molecular weight is 250 g/mol. The Morgan fingerprint density at radius 3 is 2.56 bits per heavy atom. The van der Waals surface area contributed by atoms with Crippen molar-refractivity contribution in [1.29, 1.82) is 0 Å². The summed E-state index contributed by atoms with van der Waals surface area (Å²) in [7, 11) is 0. The van der Waals surface area contributed by atoms with Crippen LogP contribution in [0.3, 0.4) is 0 Å². The van der Waals surface area contributed by atoms with Gasteiger partial charge in [0.25, 0.3) is 0 Å². The number of rotatable bonds is 7. The highest BCUT2D eigenvalue weighted by molar-refractivity contribution is 5.50. The van der Waals surface area contributed by atoms with E-state index in [1.54, 1.807) is 0 Å². The van der Waals surface area contributed by atoms with Crippen LogP contribution < -0.4 is 15.8 Å². The summed E-state index contributed by atoms with van der Waals surface area (Å²) >= 11 is 0. The largest absolute Gasteiger partial charge is 0.494 e. The van der Waals surface area contributed by atoms with E-state index in [2.05, 4.69) is 38.2 Å². The highest BCUT2D eigenvalue weighted by atomic mass is 16.5. The maximum atomic E-state index is 5.77. The molecule has 0 aromatic heterocycles. The molecule has 0 saturated carbocycles. The summed E-state index contributed by atoms with van der Waals surface area (Å²) in [5.41, 5.74) is 8.07. The van der Waals surface area contributed by atoms with Crippen molar-refractivity contribution in [2.75, 3.05) is 25.0 Å². The predicted molar refractivity (Wildman–Crippen MR) is 78.2 cm³/mol. The highest BCUT2D eigenvalue weighted by Crippen LogP contribution is 2.22. The van der Waals surface area contributed by atoms with Crippen molar-refractivity contribution in [2.45, 2.75) is 27.7 Å². The van der Waals surface area contributed by atoms with Gasteiger partial charge in [0, 0.05) is 12.2 Å². The third-order valence-corrected chi connectivity index (χ3v) is 3.29. The first kappa shape index (κ1) is 14.8. The van der Waals surface area contributed by atoms with Crippen molar-refractivity contribution in [1.82, 2.24) is 0 Å². The third-order valence-electron chi connectivity index (χ3n) is 3.29. The molecule has 18 heavy (non-hydrogen) atoms. The summed E-state index contributed by atoms with van der Waals surface area (Å²) in [4.78, 5) is 0. The van der Waals surface area contributed by atoms with Crippen LogP contribution in [0.25, 0.3) is 0 Å². The number of ether oxygens (including phenoxy) is 1. The Hall–Kier alpha value is -1.22. The van der Waals surface area contributed by atoms with Crippen LogP contribution in [0.5, 0.6) is 5.75 Å². The molecule has 0 radical (unpaired) electrons. The highest BCUT2D eigenvalue weighted by Gasteiger charge is 2.11. The molecule has 0 amide bonds. The van der Waals surface area contributed by atoms with Gasteiger partial charge >= 0.3 is 0 Å². The van der Waals surface area contributed by atoms with E-state index in [9.17, 15) is 0 Å². The van der Waals surface area contributed by atoms with Crippen LogP contribution in [-0.4, -0.2) is 19.7 Å². The van der Waals surface area contributed by atoms with Gasteiger partial charge in [-0.3, -0.25) is 0 Å². The summed E-state index contributed by atoms with van der Waals surface area (Å²) in [6.07, 6.45) is 0. The molecule has 0 heterocycles. The van der Waals surface area contributed by atoms with Crippen LogP contribution in [0, 0.1) is 18.8 Å². The van der Waals surface area contributed by atoms with Crippen molar-refractivity contribution in [3.63, 3.8) is 0 Å². The number of benzene rings is 1. The summed E-state index contributed by atoms with van der Waals surface area (Å²) in [5, 5.41) is 3.45. The number of hydrogen-bond acceptors (Lipinski definition) is 3. The molecule has 0 fully saturated rings. The topological polar surface area (TPSA) is 47.3 Å². The molecule has 1 rings (SSSR count). The van der Waals surface area contributed by atoms with Crippen molar-refractivity contribution < 1.29 is 4.74 Å². The molecule has 1 unspecified atom stereocenters. The van der Waals surface area contributed by atoms with Gasteiger partial charge in [-0.05, 0) is 56.0 Å². The standard InChI is InChI=1S/C15H26N2O/c1-5-18-15-7-6-14(8-12(15)4)17-10-13(9-16)11(2)3/h6-8,11,13,17H,5,9-10,16H2,1-4H3. The molecule has 0 bridgehead atoms. The van der Waals surface area contributed by atoms with Crippen molar-refractivity contribution in [3.8, 4) is 5.75 Å². The Bertz CT molecular complexity index is 364. The lowest BCUT2D eigenvalue weighted by atomic mass is 9.96. The SMILES string of the molecule is CCOc1ccc(NCC(CN)C(C)C)cc1C. The fraction of sp³-hybridized carbons (Fsp3) is 0.600. The van der Waals surface area contributed by atoms with Crippen molar-refractivity contribution >= 4 is 5.69 Å². The van der Waals surface area contributed by atoms with Gasteiger partial charge in [-0.2, -0.15) is 0 Å². The number of hydrogen-bond donors (Lipinski definition) is 2. The molecule has 102 valence electrons. The van der Waals surface area contributed by atoms with Gasteiger partial charge in [0.05, 0.1) is 6.61 Å². The molecule has 0 aliphatic rings. The molecule has 1 aromatic carbocycles. The van der Waals surface area contributed by atoms with Gasteiger partial charge in [-0.15, -0.1) is 0 Å². The lowest BCUT2D eigenvalue weighted by Gasteiger charge is -2.20. The Labute approximate surface area is 111 Å². The summed E-state index contributed by atoms with van der Waals surface area (Å²) in [6.45, 7) is 10.8. The first-order valence-electron chi connectivity index (χ1n) is 6.75. The zero-order valence-corrected chi connectivity index (χ0v) is 12.0. The zero-order valence-electron chi connectivity index (χ0n) is 12.0. The first-order chi connectivity index (χ1) is 8.58. The van der Waals surface area contributed by atoms with E-state index < -0.39 is 0 Å². The minimum Gasteiger partial charge on any atom is -0.494 e. The van der Waals surface area contributed by atoms with E-state index in [0.717, 1.165) is 30.1 Å². The number of nitrogens with one attached hydrogen (secondary N) is 1. The van der Waals surface area contributed by atoms with E-state index in [-0.39, 0.29) is 0 Å². The Balaban J connectivity index is 2.60. The molecule has 1 aromatic rings. The maximum Gasteiger partial charge on any atom is 0.122 e. The van der Waals surface area contributed by atoms with Crippen LogP contribution in [0.2, 0.25) is 0 Å². The molecule has 1 atom stereocenters. The Morgan fingerprint density at radius 2 is 2.06 bits per heavy atom. The van der Waals surface area contributed by atoms with Gasteiger partial charge in [-0.1, -0.05) is 13.8 Å². The first-order valence-corrected chi connectivity index (χ1v) is 6.75. The molecule has 0 spiro atoms. The molecule has 0 saturated heterocycles. The molecule has 0 aliphatic carbocycles. The van der Waals surface area contributed by atoms with Crippen molar-refractivity contribution in [3.05, 3.63) is 23.8 Å². The quantitative estimate of drug-likeness (QED) is 0.782. The van der Waals surface area contributed by atoms with Crippen LogP contribution >= 0.6 is 0 Å². The number of nitrogens with two attached hydrogens (primary N) is 1. The number of anilines is 1. The van der Waals surface area contributed by atoms with E-state index >= 15 is 0 Å². The van der Waals surface area contributed by atoms with Crippen LogP contribution in [0.15, 0.2) is 18.2 Å². The number of aryl methyl sites for hydroxylation is 1. The lowest BCUT2D eigenvalue weighted by Crippen LogP contribution is -2.27. The fourth-order valence-corrected chi connectivity index (χ4v) is 1.92. The molecule has 3 heteroatoms. The Morgan fingerprint density at radius 1 is 1.33 bits per heavy atom. The van der Waals surface area contributed by atoms with Crippen LogP contribution in [0.4, 0.5) is 5.69 Å². The fourth-order valence-electron chi connectivity index (χ4n) is 1.92. The van der Waals surface area contributed by atoms with Crippen molar-refractivity contribution in [2.24, 2.45) is 17.6 Å². The second kappa shape index (κ2) is 7.27. The summed E-state index contributed by atoms with van der Waals surface area (Å²) in [6, 6.07) is 6.21. The minimum absolute atomic E-state index is 0.511. The monoisotopic (exact) mass is 250 g/mol. The summed E-state index contributed by atoms with van der Waals surface area (Å²) in [5.74, 6) is 2.07. The molecular formula is C15H26N2O. The second-order valence-corrected chi connectivity index (χ2v) is 5.03. The normalized spacial score (nSPS) is 12.6. The zero-order chi connectivity index (χ0) is 13.5. The van der Waals surface area contributed by atoms with E-state index in [1.165, 1.54) is 0 Å². The van der Waals surface area contributed by atoms with E-state index in [4.69, 9.17) is 10.5 Å². The molecule has 3 nitrogen and oxygen atoms in total. The molecule has 0 aliphatic heterocycles. The van der Waals surface area contributed by atoms with E-state index in [0.29, 0.717) is 18.4 Å². The smallest absolute Gasteiger partial charge is 0.122 e. The average Bonchev–Trinajstić information content (AvgIpc) is 2.33. The predicted octanol–water partition coefficient (Wildman–Crippen LogP) is 3.04.